The van der Waals surface area contributed by atoms with Gasteiger partial charge in [-0.3, -0.25) is 9.59 Å². The Morgan fingerprint density at radius 1 is 1.15 bits per heavy atom. The molecule has 3 rings (SSSR count). The number of hydrogen-bond acceptors (Lipinski definition) is 5. The van der Waals surface area contributed by atoms with Crippen molar-refractivity contribution in [2.45, 2.75) is 13.3 Å². The van der Waals surface area contributed by atoms with Crippen LogP contribution >= 0.6 is 0 Å². The third-order valence-electron chi connectivity index (χ3n) is 4.93. The lowest BCUT2D eigenvalue weighted by Gasteiger charge is -2.33. The molecule has 1 aromatic carbocycles. The number of sulfonamides is 1. The molecule has 0 spiro atoms. The van der Waals surface area contributed by atoms with Gasteiger partial charge in [0.1, 0.15) is 0 Å². The fourth-order valence-corrected chi connectivity index (χ4v) is 4.16. The Kier molecular flexibility index (Phi) is 5.96. The number of amides is 1. The SMILES string of the molecule is C[C@H]1C[C@H]1C(=O)OCC(=O)N1CCN(S(=O)(=O)/C=C/c2ccccc2)CC1. The van der Waals surface area contributed by atoms with E-state index in [2.05, 4.69) is 0 Å². The minimum atomic E-state index is -3.54. The maximum Gasteiger partial charge on any atom is 0.309 e. The molecule has 8 heteroatoms. The normalized spacial score (nSPS) is 23.4. The number of carbonyl (C=O) groups is 2. The van der Waals surface area contributed by atoms with Gasteiger partial charge >= 0.3 is 5.97 Å². The van der Waals surface area contributed by atoms with E-state index in [4.69, 9.17) is 4.74 Å². The van der Waals surface area contributed by atoms with E-state index < -0.39 is 10.0 Å². The summed E-state index contributed by atoms with van der Waals surface area (Å²) in [5.41, 5.74) is 0.807. The van der Waals surface area contributed by atoms with Crippen molar-refractivity contribution < 1.29 is 22.7 Å². The van der Waals surface area contributed by atoms with Gasteiger partial charge in [-0.2, -0.15) is 4.31 Å². The number of piperazine rings is 1. The molecule has 0 aromatic heterocycles. The van der Waals surface area contributed by atoms with Gasteiger partial charge in [-0.1, -0.05) is 37.3 Å². The number of benzene rings is 1. The second-order valence-electron chi connectivity index (χ2n) is 6.97. The molecule has 27 heavy (non-hydrogen) atoms. The highest BCUT2D eigenvalue weighted by Gasteiger charge is 2.41. The average Bonchev–Trinajstić information content (AvgIpc) is 3.42. The van der Waals surface area contributed by atoms with Crippen LogP contribution in [0, 0.1) is 11.8 Å². The summed E-state index contributed by atoms with van der Waals surface area (Å²) < 4.78 is 31.3. The summed E-state index contributed by atoms with van der Waals surface area (Å²) in [7, 11) is -3.54. The quantitative estimate of drug-likeness (QED) is 0.682. The van der Waals surface area contributed by atoms with Gasteiger partial charge in [0.05, 0.1) is 5.92 Å². The summed E-state index contributed by atoms with van der Waals surface area (Å²) in [5, 5.41) is 1.19. The van der Waals surface area contributed by atoms with Gasteiger partial charge in [-0.25, -0.2) is 8.42 Å². The van der Waals surface area contributed by atoms with E-state index in [1.807, 2.05) is 37.3 Å². The van der Waals surface area contributed by atoms with Crippen LogP contribution in [-0.2, 0) is 24.3 Å². The van der Waals surface area contributed by atoms with Gasteiger partial charge in [0.15, 0.2) is 6.61 Å². The number of hydrogen-bond donors (Lipinski definition) is 0. The van der Waals surface area contributed by atoms with Crippen molar-refractivity contribution >= 4 is 28.0 Å². The van der Waals surface area contributed by atoms with Crippen LogP contribution < -0.4 is 0 Å². The molecule has 1 aliphatic carbocycles. The first-order valence-electron chi connectivity index (χ1n) is 9.04. The molecule has 0 unspecified atom stereocenters. The van der Waals surface area contributed by atoms with Gasteiger partial charge in [0.25, 0.3) is 5.91 Å². The highest BCUT2D eigenvalue weighted by molar-refractivity contribution is 7.92. The van der Waals surface area contributed by atoms with Crippen LogP contribution in [0.5, 0.6) is 0 Å². The molecule has 1 heterocycles. The smallest absolute Gasteiger partial charge is 0.309 e. The average molecular weight is 392 g/mol. The van der Waals surface area contributed by atoms with Crippen molar-refractivity contribution in [1.29, 1.82) is 0 Å². The zero-order valence-corrected chi connectivity index (χ0v) is 16.1. The Hall–Kier alpha value is -2.19. The standard InChI is InChI=1S/C19H24N2O5S/c1-15-13-17(15)19(23)26-14-18(22)20-8-10-21(11-9-20)27(24,25)12-7-16-5-3-2-4-6-16/h2-7,12,15,17H,8-11,13-14H2,1H3/b12-7+/t15-,17+/m0/s1. The summed E-state index contributed by atoms with van der Waals surface area (Å²) in [6.07, 6.45) is 2.38. The molecule has 1 aromatic rings. The third-order valence-corrected chi connectivity index (χ3v) is 6.50. The van der Waals surface area contributed by atoms with Gasteiger partial charge in [-0.05, 0) is 24.0 Å². The largest absolute Gasteiger partial charge is 0.455 e. The van der Waals surface area contributed by atoms with Gasteiger partial charge < -0.3 is 9.64 Å². The maximum atomic E-state index is 12.4. The monoisotopic (exact) mass is 392 g/mol. The molecule has 2 atom stereocenters. The number of nitrogens with zero attached hydrogens (tertiary/aromatic N) is 2. The molecule has 1 aliphatic heterocycles. The Morgan fingerprint density at radius 3 is 2.37 bits per heavy atom. The maximum absolute atomic E-state index is 12.4. The number of carbonyl (C=O) groups excluding carboxylic acids is 2. The molecule has 2 aliphatic rings. The first kappa shape index (κ1) is 19.6. The van der Waals surface area contributed by atoms with Crippen molar-refractivity contribution in [2.75, 3.05) is 32.8 Å². The minimum Gasteiger partial charge on any atom is -0.455 e. The van der Waals surface area contributed by atoms with Crippen molar-refractivity contribution in [3.05, 3.63) is 41.3 Å². The Labute approximate surface area is 159 Å². The van der Waals surface area contributed by atoms with Crippen LogP contribution in [0.3, 0.4) is 0 Å². The Balaban J connectivity index is 1.47. The fourth-order valence-electron chi connectivity index (χ4n) is 2.99. The molecule has 1 saturated heterocycles. The number of ether oxygens (including phenoxy) is 1. The van der Waals surface area contributed by atoms with E-state index >= 15 is 0 Å². The molecule has 0 radical (unpaired) electrons. The molecule has 7 nitrogen and oxygen atoms in total. The van der Waals surface area contributed by atoms with Gasteiger partial charge in [0, 0.05) is 31.6 Å². The lowest BCUT2D eigenvalue weighted by atomic mass is 10.2. The van der Waals surface area contributed by atoms with Crippen LogP contribution in [0.15, 0.2) is 35.7 Å². The van der Waals surface area contributed by atoms with E-state index in [9.17, 15) is 18.0 Å². The molecular formula is C19H24N2O5S. The summed E-state index contributed by atoms with van der Waals surface area (Å²) in [4.78, 5) is 25.4. The molecular weight excluding hydrogens is 368 g/mol. The lowest BCUT2D eigenvalue weighted by Crippen LogP contribution is -2.51. The van der Waals surface area contributed by atoms with E-state index in [1.54, 1.807) is 6.08 Å². The van der Waals surface area contributed by atoms with Crippen molar-refractivity contribution in [2.24, 2.45) is 11.8 Å². The van der Waals surface area contributed by atoms with E-state index in [0.29, 0.717) is 5.92 Å². The van der Waals surface area contributed by atoms with Crippen LogP contribution in [0.25, 0.3) is 6.08 Å². The van der Waals surface area contributed by atoms with Crippen molar-refractivity contribution in [1.82, 2.24) is 9.21 Å². The summed E-state index contributed by atoms with van der Waals surface area (Å²) in [6, 6.07) is 9.20. The van der Waals surface area contributed by atoms with Crippen LogP contribution in [-0.4, -0.2) is 62.3 Å². The van der Waals surface area contributed by atoms with Crippen LogP contribution in [0.2, 0.25) is 0 Å². The van der Waals surface area contributed by atoms with Crippen LogP contribution in [0.4, 0.5) is 0 Å². The fraction of sp³-hybridized carbons (Fsp3) is 0.474. The minimum absolute atomic E-state index is 0.0730. The molecule has 0 bridgehead atoms. The van der Waals surface area contributed by atoms with Gasteiger partial charge in [0.2, 0.25) is 10.0 Å². The molecule has 1 amide bonds. The van der Waals surface area contributed by atoms with E-state index in [0.717, 1.165) is 12.0 Å². The highest BCUT2D eigenvalue weighted by atomic mass is 32.2. The van der Waals surface area contributed by atoms with E-state index in [-0.39, 0.29) is 50.6 Å². The molecule has 0 N–H and O–H groups in total. The number of rotatable bonds is 6. The Bertz CT molecular complexity index is 814. The first-order chi connectivity index (χ1) is 12.9. The first-order valence-corrected chi connectivity index (χ1v) is 10.5. The second kappa shape index (κ2) is 8.22. The zero-order valence-electron chi connectivity index (χ0n) is 15.3. The predicted molar refractivity (Wildman–Crippen MR) is 101 cm³/mol. The summed E-state index contributed by atoms with van der Waals surface area (Å²) in [6.45, 7) is 2.72. The van der Waals surface area contributed by atoms with Crippen molar-refractivity contribution in [3.8, 4) is 0 Å². The molecule has 1 saturated carbocycles. The summed E-state index contributed by atoms with van der Waals surface area (Å²) >= 11 is 0. The topological polar surface area (TPSA) is 84.0 Å². The molecule has 146 valence electrons. The van der Waals surface area contributed by atoms with Crippen LogP contribution in [0.1, 0.15) is 18.9 Å². The van der Waals surface area contributed by atoms with Crippen molar-refractivity contribution in [3.63, 3.8) is 0 Å². The predicted octanol–water partition coefficient (Wildman–Crippen LogP) is 1.33. The number of esters is 1. The van der Waals surface area contributed by atoms with E-state index in [1.165, 1.54) is 14.6 Å². The Morgan fingerprint density at radius 2 is 1.78 bits per heavy atom. The molecule has 2 fully saturated rings. The highest BCUT2D eigenvalue weighted by Crippen LogP contribution is 2.38. The van der Waals surface area contributed by atoms with Gasteiger partial charge in [-0.15, -0.1) is 0 Å². The summed E-state index contributed by atoms with van der Waals surface area (Å²) in [5.74, 6) is -0.335. The zero-order chi connectivity index (χ0) is 19.4. The third kappa shape index (κ3) is 5.17. The second-order valence-corrected chi connectivity index (χ2v) is 8.78. The lowest BCUT2D eigenvalue weighted by molar-refractivity contribution is -0.153.